The summed E-state index contributed by atoms with van der Waals surface area (Å²) in [5.41, 5.74) is 3.38. The van der Waals surface area contributed by atoms with Gasteiger partial charge in [-0.15, -0.1) is 0 Å². The average molecular weight is 696 g/mol. The number of sulfonamides is 2. The van der Waals surface area contributed by atoms with E-state index in [1.54, 1.807) is 84.9 Å². The minimum atomic E-state index is -4.15. The summed E-state index contributed by atoms with van der Waals surface area (Å²) < 4.78 is 61.4. The lowest BCUT2D eigenvalue weighted by Crippen LogP contribution is -2.60. The minimum Gasteiger partial charge on any atom is -0.484 e. The summed E-state index contributed by atoms with van der Waals surface area (Å²) in [6.45, 7) is -1.06. The zero-order valence-electron chi connectivity index (χ0n) is 24.8. The van der Waals surface area contributed by atoms with Crippen molar-refractivity contribution in [1.82, 2.24) is 14.0 Å². The fraction of sp³-hybridized carbons (Fsp3) is 0.156. The molecule has 0 aliphatic carbocycles. The number of ether oxygens (including phenoxy) is 1. The maximum absolute atomic E-state index is 13.6. The number of para-hydroxylation sites is 1. The molecule has 47 heavy (non-hydrogen) atoms. The lowest BCUT2D eigenvalue weighted by Gasteiger charge is -2.38. The van der Waals surface area contributed by atoms with E-state index in [0.717, 1.165) is 8.61 Å². The van der Waals surface area contributed by atoms with Crippen molar-refractivity contribution in [3.63, 3.8) is 0 Å². The monoisotopic (exact) mass is 695 g/mol. The van der Waals surface area contributed by atoms with Crippen LogP contribution in [0.5, 0.6) is 5.75 Å². The van der Waals surface area contributed by atoms with Gasteiger partial charge in [-0.25, -0.2) is 22.3 Å². The minimum absolute atomic E-state index is 0.0238. The Bertz CT molecular complexity index is 1960. The van der Waals surface area contributed by atoms with Crippen LogP contribution >= 0.6 is 11.6 Å². The Morgan fingerprint density at radius 2 is 1.40 bits per heavy atom. The summed E-state index contributed by atoms with van der Waals surface area (Å²) in [6, 6.07) is 27.2. The molecular weight excluding hydrogens is 666 g/mol. The Morgan fingerprint density at radius 3 is 2.04 bits per heavy atom. The molecule has 0 spiro atoms. The van der Waals surface area contributed by atoms with Gasteiger partial charge >= 0.3 is 0 Å². The Kier molecular flexibility index (Phi) is 10.7. The number of hydrogen-bond acceptors (Lipinski definition) is 8. The van der Waals surface area contributed by atoms with Crippen molar-refractivity contribution in [2.24, 2.45) is 5.10 Å². The van der Waals surface area contributed by atoms with E-state index in [1.165, 1.54) is 30.5 Å². The lowest BCUT2D eigenvalue weighted by molar-refractivity contribution is -0.125. The number of halogens is 1. The smallest absolute Gasteiger partial charge is 0.262 e. The van der Waals surface area contributed by atoms with E-state index in [0.29, 0.717) is 22.0 Å². The van der Waals surface area contributed by atoms with Crippen LogP contribution in [0.3, 0.4) is 0 Å². The third-order valence-corrected chi connectivity index (χ3v) is 11.2. The predicted octanol–water partition coefficient (Wildman–Crippen LogP) is 3.57. The van der Waals surface area contributed by atoms with Crippen molar-refractivity contribution in [2.75, 3.05) is 31.6 Å². The van der Waals surface area contributed by atoms with Crippen LogP contribution in [0.4, 0.5) is 5.69 Å². The molecule has 1 atom stereocenters. The maximum Gasteiger partial charge on any atom is 0.262 e. The molecule has 0 unspecified atom stereocenters. The maximum atomic E-state index is 13.6. The van der Waals surface area contributed by atoms with Gasteiger partial charge in [0.2, 0.25) is 20.0 Å². The van der Waals surface area contributed by atoms with Crippen LogP contribution in [-0.4, -0.2) is 75.8 Å². The summed E-state index contributed by atoms with van der Waals surface area (Å²) in [4.78, 5) is 25.7. The molecule has 1 aliphatic heterocycles. The number of carbonyl (C=O) groups excluding carboxylic acids is 2. The van der Waals surface area contributed by atoms with E-state index in [4.69, 9.17) is 16.3 Å². The third kappa shape index (κ3) is 8.22. The van der Waals surface area contributed by atoms with Crippen molar-refractivity contribution in [3.05, 3.63) is 120 Å². The first-order valence-corrected chi connectivity index (χ1v) is 17.5. The number of hydrogen-bond donors (Lipinski definition) is 2. The normalized spacial score (nSPS) is 16.1. The van der Waals surface area contributed by atoms with E-state index in [1.807, 2.05) is 0 Å². The second-order valence-electron chi connectivity index (χ2n) is 10.2. The molecule has 1 heterocycles. The van der Waals surface area contributed by atoms with E-state index < -0.39 is 44.4 Å². The zero-order valence-corrected chi connectivity index (χ0v) is 27.2. The Labute approximate surface area is 277 Å². The summed E-state index contributed by atoms with van der Waals surface area (Å²) in [5, 5.41) is 7.05. The second-order valence-corrected chi connectivity index (χ2v) is 14.5. The first-order chi connectivity index (χ1) is 22.6. The highest BCUT2D eigenvalue weighted by atomic mass is 35.5. The summed E-state index contributed by atoms with van der Waals surface area (Å²) >= 11 is 6.06. The molecular formula is C32H30ClN5O7S2. The van der Waals surface area contributed by atoms with Crippen LogP contribution in [0.2, 0.25) is 5.02 Å². The molecule has 2 N–H and O–H groups in total. The topological polar surface area (TPSA) is 155 Å². The largest absolute Gasteiger partial charge is 0.484 e. The van der Waals surface area contributed by atoms with Gasteiger partial charge in [-0.1, -0.05) is 60.1 Å². The van der Waals surface area contributed by atoms with E-state index >= 15 is 0 Å². The molecule has 4 aromatic rings. The number of amides is 2. The number of rotatable bonds is 11. The molecule has 2 amide bonds. The van der Waals surface area contributed by atoms with Crippen LogP contribution in [0.25, 0.3) is 0 Å². The van der Waals surface area contributed by atoms with Crippen LogP contribution in [0.15, 0.2) is 124 Å². The van der Waals surface area contributed by atoms with Crippen LogP contribution < -0.4 is 15.5 Å². The van der Waals surface area contributed by atoms with E-state index in [-0.39, 0.29) is 29.5 Å². The van der Waals surface area contributed by atoms with Gasteiger partial charge in [0, 0.05) is 19.6 Å². The molecule has 12 nitrogen and oxygen atoms in total. The van der Waals surface area contributed by atoms with Crippen LogP contribution in [0, 0.1) is 0 Å². The molecule has 5 rings (SSSR count). The Balaban J connectivity index is 1.25. The van der Waals surface area contributed by atoms with Crippen molar-refractivity contribution in [1.29, 1.82) is 0 Å². The highest BCUT2D eigenvalue weighted by Gasteiger charge is 2.43. The molecule has 1 saturated heterocycles. The fourth-order valence-corrected chi connectivity index (χ4v) is 7.96. The summed E-state index contributed by atoms with van der Waals surface area (Å²) in [7, 11) is -8.16. The predicted molar refractivity (Wildman–Crippen MR) is 177 cm³/mol. The number of piperazine rings is 1. The average Bonchev–Trinajstić information content (AvgIpc) is 3.09. The molecule has 15 heteroatoms. The van der Waals surface area contributed by atoms with Gasteiger partial charge in [-0.05, 0) is 66.2 Å². The van der Waals surface area contributed by atoms with Crippen LogP contribution in [0.1, 0.15) is 5.56 Å². The quantitative estimate of drug-likeness (QED) is 0.180. The van der Waals surface area contributed by atoms with E-state index in [2.05, 4.69) is 15.8 Å². The molecule has 0 saturated carbocycles. The van der Waals surface area contributed by atoms with Crippen molar-refractivity contribution < 1.29 is 31.2 Å². The lowest BCUT2D eigenvalue weighted by atomic mass is 10.2. The number of anilines is 1. The highest BCUT2D eigenvalue weighted by molar-refractivity contribution is 7.89. The van der Waals surface area contributed by atoms with Gasteiger partial charge < -0.3 is 10.1 Å². The van der Waals surface area contributed by atoms with Gasteiger partial charge in [0.25, 0.3) is 11.8 Å². The van der Waals surface area contributed by atoms with Gasteiger partial charge in [0.05, 0.1) is 26.7 Å². The van der Waals surface area contributed by atoms with Gasteiger partial charge in [-0.3, -0.25) is 9.59 Å². The number of carbonyl (C=O) groups is 2. The summed E-state index contributed by atoms with van der Waals surface area (Å²) in [5.74, 6) is -0.796. The Hall–Kier alpha value is -4.60. The van der Waals surface area contributed by atoms with Crippen molar-refractivity contribution >= 4 is 55.4 Å². The molecule has 1 aliphatic rings. The number of nitrogens with one attached hydrogen (secondary N) is 2. The molecule has 4 aromatic carbocycles. The van der Waals surface area contributed by atoms with Gasteiger partial charge in [0.1, 0.15) is 11.8 Å². The van der Waals surface area contributed by atoms with E-state index in [9.17, 15) is 26.4 Å². The first kappa shape index (κ1) is 33.8. The SMILES string of the molecule is O=C(COc1ccc(/C=N\NC(=O)[C@H]2CN(S(=O)(=O)c3ccccc3)CCN2S(=O)(=O)c2ccccc2)cc1)Nc1ccccc1Cl. The molecule has 0 bridgehead atoms. The van der Waals surface area contributed by atoms with Crippen LogP contribution in [-0.2, 0) is 29.6 Å². The van der Waals surface area contributed by atoms with Crippen molar-refractivity contribution in [2.45, 2.75) is 15.8 Å². The molecule has 0 radical (unpaired) electrons. The number of hydrazone groups is 1. The summed E-state index contributed by atoms with van der Waals surface area (Å²) in [6.07, 6.45) is 1.34. The number of benzene rings is 4. The van der Waals surface area contributed by atoms with Gasteiger partial charge in [0.15, 0.2) is 6.61 Å². The fourth-order valence-electron chi connectivity index (χ4n) is 4.72. The molecule has 244 valence electrons. The molecule has 0 aromatic heterocycles. The first-order valence-electron chi connectivity index (χ1n) is 14.3. The van der Waals surface area contributed by atoms with Gasteiger partial charge in [-0.2, -0.15) is 13.7 Å². The third-order valence-electron chi connectivity index (χ3n) is 7.11. The highest BCUT2D eigenvalue weighted by Crippen LogP contribution is 2.26. The number of nitrogens with zero attached hydrogens (tertiary/aromatic N) is 3. The Morgan fingerprint density at radius 1 is 0.809 bits per heavy atom. The standard InChI is InChI=1S/C32H30ClN5O7S2/c33-28-13-7-8-14-29(28)35-31(39)23-45-25-17-15-24(16-18-25)21-34-36-32(40)30-22-37(46(41,42)26-9-3-1-4-10-26)19-20-38(30)47(43,44)27-11-5-2-6-12-27/h1-18,21,30H,19-20,22-23H2,(H,35,39)(H,36,40)/b34-21-/t30-/m1/s1. The van der Waals surface area contributed by atoms with Crippen molar-refractivity contribution in [3.8, 4) is 5.75 Å². The molecule has 1 fully saturated rings. The zero-order chi connectivity index (χ0) is 33.4. The second kappa shape index (κ2) is 14.9.